The minimum atomic E-state index is 0.750. The Labute approximate surface area is 124 Å². The van der Waals surface area contributed by atoms with Gasteiger partial charge in [-0.15, -0.1) is 0 Å². The second kappa shape index (κ2) is 10.7. The molecule has 1 unspecified atom stereocenters. The van der Waals surface area contributed by atoms with Gasteiger partial charge in [-0.2, -0.15) is 0 Å². The number of methoxy groups -OCH3 is 1. The molecule has 0 bridgehead atoms. The van der Waals surface area contributed by atoms with Crippen LogP contribution in [-0.4, -0.2) is 20.2 Å². The van der Waals surface area contributed by atoms with E-state index in [0.717, 1.165) is 24.8 Å². The highest BCUT2D eigenvalue weighted by atomic mass is 16.5. The zero-order valence-corrected chi connectivity index (χ0v) is 13.5. The number of hydrogen-bond acceptors (Lipinski definition) is 2. The first-order valence-corrected chi connectivity index (χ1v) is 8.13. The van der Waals surface area contributed by atoms with Crippen LogP contribution in [0.2, 0.25) is 0 Å². The fourth-order valence-corrected chi connectivity index (χ4v) is 2.58. The van der Waals surface area contributed by atoms with E-state index in [-0.39, 0.29) is 0 Å². The summed E-state index contributed by atoms with van der Waals surface area (Å²) in [6, 6.07) is 8.53. The standard InChI is InChI=1S/C18H31NO/c1-4-6-7-8-9-17(15-19-5-2)14-16-10-12-18(20-3)13-11-16/h10-13,17,19H,4-9,14-15H2,1-3H3. The van der Waals surface area contributed by atoms with Gasteiger partial charge in [-0.25, -0.2) is 0 Å². The van der Waals surface area contributed by atoms with E-state index >= 15 is 0 Å². The molecule has 0 spiro atoms. The predicted molar refractivity (Wildman–Crippen MR) is 87.5 cm³/mol. The fraction of sp³-hybridized carbons (Fsp3) is 0.667. The topological polar surface area (TPSA) is 21.3 Å². The first-order chi connectivity index (χ1) is 9.80. The minimum absolute atomic E-state index is 0.750. The van der Waals surface area contributed by atoms with Crippen molar-refractivity contribution in [2.45, 2.75) is 52.4 Å². The molecule has 0 heterocycles. The zero-order valence-electron chi connectivity index (χ0n) is 13.5. The van der Waals surface area contributed by atoms with Crippen LogP contribution >= 0.6 is 0 Å². The van der Waals surface area contributed by atoms with E-state index in [1.807, 2.05) is 0 Å². The number of nitrogens with one attached hydrogen (secondary N) is 1. The van der Waals surface area contributed by atoms with Gasteiger partial charge in [-0.05, 0) is 49.5 Å². The molecular weight excluding hydrogens is 246 g/mol. The number of ether oxygens (including phenoxy) is 1. The highest BCUT2D eigenvalue weighted by Gasteiger charge is 2.09. The molecule has 0 aromatic heterocycles. The Kier molecular flexibility index (Phi) is 9.14. The van der Waals surface area contributed by atoms with Crippen LogP contribution in [0.1, 0.15) is 51.5 Å². The maximum Gasteiger partial charge on any atom is 0.118 e. The average Bonchev–Trinajstić information content (AvgIpc) is 2.49. The van der Waals surface area contributed by atoms with Gasteiger partial charge in [-0.3, -0.25) is 0 Å². The van der Waals surface area contributed by atoms with E-state index < -0.39 is 0 Å². The van der Waals surface area contributed by atoms with Gasteiger partial charge in [-0.1, -0.05) is 51.7 Å². The molecule has 114 valence electrons. The normalized spacial score (nSPS) is 12.3. The molecule has 2 heteroatoms. The Bertz CT molecular complexity index is 334. The van der Waals surface area contributed by atoms with Gasteiger partial charge in [0.1, 0.15) is 5.75 Å². The van der Waals surface area contributed by atoms with Crippen LogP contribution < -0.4 is 10.1 Å². The van der Waals surface area contributed by atoms with E-state index in [4.69, 9.17) is 4.74 Å². The average molecular weight is 277 g/mol. The van der Waals surface area contributed by atoms with Crippen molar-refractivity contribution in [3.05, 3.63) is 29.8 Å². The molecular formula is C18H31NO. The van der Waals surface area contributed by atoms with E-state index in [9.17, 15) is 0 Å². The number of benzene rings is 1. The molecule has 1 N–H and O–H groups in total. The lowest BCUT2D eigenvalue weighted by atomic mass is 9.93. The lowest BCUT2D eigenvalue weighted by molar-refractivity contribution is 0.413. The molecule has 0 saturated heterocycles. The summed E-state index contributed by atoms with van der Waals surface area (Å²) in [5, 5.41) is 3.51. The lowest BCUT2D eigenvalue weighted by Gasteiger charge is -2.17. The maximum atomic E-state index is 5.22. The molecule has 1 rings (SSSR count). The molecule has 2 nitrogen and oxygen atoms in total. The third kappa shape index (κ3) is 6.95. The van der Waals surface area contributed by atoms with Crippen LogP contribution in [0.4, 0.5) is 0 Å². The monoisotopic (exact) mass is 277 g/mol. The first kappa shape index (κ1) is 17.0. The summed E-state index contributed by atoms with van der Waals surface area (Å²) in [5.41, 5.74) is 1.42. The second-order valence-electron chi connectivity index (χ2n) is 5.58. The smallest absolute Gasteiger partial charge is 0.118 e. The highest BCUT2D eigenvalue weighted by molar-refractivity contribution is 5.27. The molecule has 0 amide bonds. The van der Waals surface area contributed by atoms with Gasteiger partial charge in [0, 0.05) is 0 Å². The molecule has 1 atom stereocenters. The summed E-state index contributed by atoms with van der Waals surface area (Å²) >= 11 is 0. The SMILES string of the molecule is CCCCCCC(CNCC)Cc1ccc(OC)cc1. The summed E-state index contributed by atoms with van der Waals surface area (Å²) in [4.78, 5) is 0. The van der Waals surface area contributed by atoms with Gasteiger partial charge < -0.3 is 10.1 Å². The van der Waals surface area contributed by atoms with E-state index in [1.165, 1.54) is 44.1 Å². The number of rotatable bonds is 11. The van der Waals surface area contributed by atoms with E-state index in [0.29, 0.717) is 0 Å². The largest absolute Gasteiger partial charge is 0.497 e. The minimum Gasteiger partial charge on any atom is -0.497 e. The van der Waals surface area contributed by atoms with Crippen LogP contribution in [0.25, 0.3) is 0 Å². The quantitative estimate of drug-likeness (QED) is 0.604. The molecule has 20 heavy (non-hydrogen) atoms. The fourth-order valence-electron chi connectivity index (χ4n) is 2.58. The number of unbranched alkanes of at least 4 members (excludes halogenated alkanes) is 3. The first-order valence-electron chi connectivity index (χ1n) is 8.13. The van der Waals surface area contributed by atoms with Gasteiger partial charge in [0.25, 0.3) is 0 Å². The summed E-state index contributed by atoms with van der Waals surface area (Å²) < 4.78 is 5.22. The number of hydrogen-bond donors (Lipinski definition) is 1. The van der Waals surface area contributed by atoms with Crippen molar-refractivity contribution in [2.75, 3.05) is 20.2 Å². The van der Waals surface area contributed by atoms with Crippen molar-refractivity contribution >= 4 is 0 Å². The molecule has 0 saturated carbocycles. The van der Waals surface area contributed by atoms with Gasteiger partial charge in [0.05, 0.1) is 7.11 Å². The zero-order chi connectivity index (χ0) is 14.6. The third-order valence-corrected chi connectivity index (χ3v) is 3.83. The van der Waals surface area contributed by atoms with Crippen molar-refractivity contribution in [2.24, 2.45) is 5.92 Å². The van der Waals surface area contributed by atoms with Crippen LogP contribution in [-0.2, 0) is 6.42 Å². The molecule has 1 aromatic carbocycles. The van der Waals surface area contributed by atoms with Crippen LogP contribution in [0.15, 0.2) is 24.3 Å². The molecule has 0 fully saturated rings. The van der Waals surface area contributed by atoms with Crippen LogP contribution in [0.3, 0.4) is 0 Å². The highest BCUT2D eigenvalue weighted by Crippen LogP contribution is 2.18. The van der Waals surface area contributed by atoms with Gasteiger partial charge in [0.15, 0.2) is 0 Å². The summed E-state index contributed by atoms with van der Waals surface area (Å²) in [7, 11) is 1.72. The van der Waals surface area contributed by atoms with Crippen molar-refractivity contribution in [3.63, 3.8) is 0 Å². The van der Waals surface area contributed by atoms with Crippen molar-refractivity contribution in [1.82, 2.24) is 5.32 Å². The third-order valence-electron chi connectivity index (χ3n) is 3.83. The lowest BCUT2D eigenvalue weighted by Crippen LogP contribution is -2.24. The Morgan fingerprint density at radius 3 is 2.40 bits per heavy atom. The Morgan fingerprint density at radius 1 is 1.05 bits per heavy atom. The maximum absolute atomic E-state index is 5.22. The van der Waals surface area contributed by atoms with E-state index in [1.54, 1.807) is 7.11 Å². The molecule has 0 aliphatic rings. The summed E-state index contributed by atoms with van der Waals surface area (Å²) in [5.74, 6) is 1.69. The summed E-state index contributed by atoms with van der Waals surface area (Å²) in [6.07, 6.45) is 7.93. The Balaban J connectivity index is 2.44. The van der Waals surface area contributed by atoms with Crippen LogP contribution in [0.5, 0.6) is 5.75 Å². The van der Waals surface area contributed by atoms with E-state index in [2.05, 4.69) is 43.4 Å². The molecule has 0 radical (unpaired) electrons. The van der Waals surface area contributed by atoms with Crippen molar-refractivity contribution in [3.8, 4) is 5.75 Å². The second-order valence-corrected chi connectivity index (χ2v) is 5.58. The Hall–Kier alpha value is -1.02. The van der Waals surface area contributed by atoms with Crippen molar-refractivity contribution in [1.29, 1.82) is 0 Å². The van der Waals surface area contributed by atoms with Gasteiger partial charge in [0.2, 0.25) is 0 Å². The Morgan fingerprint density at radius 2 is 1.80 bits per heavy atom. The van der Waals surface area contributed by atoms with Crippen LogP contribution in [0, 0.1) is 5.92 Å². The molecule has 1 aromatic rings. The predicted octanol–water partition coefficient (Wildman–Crippen LogP) is 4.43. The van der Waals surface area contributed by atoms with Crippen molar-refractivity contribution < 1.29 is 4.74 Å². The molecule has 0 aliphatic carbocycles. The molecule has 0 aliphatic heterocycles. The summed E-state index contributed by atoms with van der Waals surface area (Å²) in [6.45, 7) is 6.65. The van der Waals surface area contributed by atoms with Gasteiger partial charge >= 0.3 is 0 Å².